The molecule has 134 valence electrons. The average molecular weight is 354 g/mol. The van der Waals surface area contributed by atoms with E-state index in [4.69, 9.17) is 4.74 Å². The van der Waals surface area contributed by atoms with Gasteiger partial charge in [-0.15, -0.1) is 0 Å². The van der Waals surface area contributed by atoms with Crippen LogP contribution in [0.15, 0.2) is 23.1 Å². The number of rotatable bonds is 7. The van der Waals surface area contributed by atoms with Gasteiger partial charge in [-0.25, -0.2) is 13.1 Å². The van der Waals surface area contributed by atoms with Crippen molar-refractivity contribution in [2.45, 2.75) is 62.9 Å². The number of hydrogen-bond acceptors (Lipinski definition) is 4. The minimum atomic E-state index is -3.73. The van der Waals surface area contributed by atoms with Crippen LogP contribution in [-0.4, -0.2) is 33.5 Å². The minimum absolute atomic E-state index is 0.00806. The van der Waals surface area contributed by atoms with Crippen LogP contribution in [0.5, 0.6) is 5.75 Å². The predicted molar refractivity (Wildman–Crippen MR) is 92.8 cm³/mol. The number of benzene rings is 1. The van der Waals surface area contributed by atoms with Crippen LogP contribution in [-0.2, 0) is 10.0 Å². The van der Waals surface area contributed by atoms with Crippen LogP contribution < -0.4 is 14.8 Å². The van der Waals surface area contributed by atoms with Crippen molar-refractivity contribution in [3.05, 3.63) is 23.8 Å². The first-order valence-electron chi connectivity index (χ1n) is 8.38. The van der Waals surface area contributed by atoms with Gasteiger partial charge in [0.25, 0.3) is 5.91 Å². The van der Waals surface area contributed by atoms with Gasteiger partial charge in [0.15, 0.2) is 0 Å². The summed E-state index contributed by atoms with van der Waals surface area (Å²) in [6.07, 6.45) is 4.55. The first kappa shape index (κ1) is 18.7. The molecule has 0 aliphatic heterocycles. The molecule has 0 unspecified atom stereocenters. The highest BCUT2D eigenvalue weighted by molar-refractivity contribution is 7.89. The average Bonchev–Trinajstić information content (AvgIpc) is 3.06. The third-order valence-corrected chi connectivity index (χ3v) is 5.92. The van der Waals surface area contributed by atoms with Crippen LogP contribution in [0, 0.1) is 0 Å². The molecule has 1 amide bonds. The van der Waals surface area contributed by atoms with Crippen molar-refractivity contribution in [3.63, 3.8) is 0 Å². The predicted octanol–water partition coefficient (Wildman–Crippen LogP) is 2.44. The molecule has 1 aromatic rings. The van der Waals surface area contributed by atoms with E-state index >= 15 is 0 Å². The molecule has 0 saturated heterocycles. The van der Waals surface area contributed by atoms with Gasteiger partial charge in [0.1, 0.15) is 10.6 Å². The Morgan fingerprint density at radius 1 is 1.33 bits per heavy atom. The summed E-state index contributed by atoms with van der Waals surface area (Å²) in [7, 11) is -2.31. The number of ether oxygens (including phenoxy) is 1. The first-order chi connectivity index (χ1) is 11.4. The molecule has 1 aliphatic carbocycles. The second-order valence-corrected chi connectivity index (χ2v) is 7.93. The third-order valence-electron chi connectivity index (χ3n) is 4.38. The molecule has 0 spiro atoms. The van der Waals surface area contributed by atoms with E-state index in [0.29, 0.717) is 5.56 Å². The fraction of sp³-hybridized carbons (Fsp3) is 0.588. The van der Waals surface area contributed by atoms with E-state index in [2.05, 4.69) is 10.0 Å². The molecule has 0 heterocycles. The Labute approximate surface area is 144 Å². The summed E-state index contributed by atoms with van der Waals surface area (Å²) in [5.41, 5.74) is 0.308. The molecule has 1 saturated carbocycles. The van der Waals surface area contributed by atoms with E-state index in [9.17, 15) is 13.2 Å². The number of nitrogens with one attached hydrogen (secondary N) is 2. The lowest BCUT2D eigenvalue weighted by Crippen LogP contribution is -2.34. The van der Waals surface area contributed by atoms with Crippen molar-refractivity contribution < 1.29 is 17.9 Å². The van der Waals surface area contributed by atoms with Gasteiger partial charge in [0.05, 0.1) is 7.11 Å². The number of hydrogen-bond donors (Lipinski definition) is 2. The van der Waals surface area contributed by atoms with Gasteiger partial charge in [-0.2, -0.15) is 0 Å². The lowest BCUT2D eigenvalue weighted by atomic mass is 10.2. The molecular formula is C17H26N2O4S. The van der Waals surface area contributed by atoms with E-state index in [1.165, 1.54) is 19.2 Å². The van der Waals surface area contributed by atoms with Gasteiger partial charge in [-0.3, -0.25) is 4.79 Å². The number of carbonyl (C=O) groups is 1. The lowest BCUT2D eigenvalue weighted by molar-refractivity contribution is 0.0939. The first-order valence-corrected chi connectivity index (χ1v) is 9.87. The molecule has 1 atom stereocenters. The second-order valence-electron chi connectivity index (χ2n) is 6.25. The van der Waals surface area contributed by atoms with Gasteiger partial charge >= 0.3 is 0 Å². The lowest BCUT2D eigenvalue weighted by Gasteiger charge is -2.16. The zero-order chi connectivity index (χ0) is 17.7. The quantitative estimate of drug-likeness (QED) is 0.788. The molecule has 1 fully saturated rings. The van der Waals surface area contributed by atoms with Gasteiger partial charge in [0, 0.05) is 17.6 Å². The fourth-order valence-electron chi connectivity index (χ4n) is 2.76. The van der Waals surface area contributed by atoms with Crippen LogP contribution in [0.1, 0.15) is 56.3 Å². The topological polar surface area (TPSA) is 84.5 Å². The summed E-state index contributed by atoms with van der Waals surface area (Å²) in [4.78, 5) is 12.3. The van der Waals surface area contributed by atoms with Crippen molar-refractivity contribution in [1.29, 1.82) is 0 Å². The highest BCUT2D eigenvalue weighted by Gasteiger charge is 2.26. The van der Waals surface area contributed by atoms with Crippen LogP contribution >= 0.6 is 0 Å². The summed E-state index contributed by atoms with van der Waals surface area (Å²) >= 11 is 0. The van der Waals surface area contributed by atoms with E-state index in [0.717, 1.165) is 32.1 Å². The summed E-state index contributed by atoms with van der Waals surface area (Å²) in [5.74, 6) is -0.0510. The summed E-state index contributed by atoms with van der Waals surface area (Å²) < 4.78 is 33.3. The number of methoxy groups -OCH3 is 1. The molecule has 0 radical (unpaired) electrons. The number of sulfonamides is 1. The Kier molecular flexibility index (Phi) is 6.23. The largest absolute Gasteiger partial charge is 0.495 e. The molecule has 0 bridgehead atoms. The van der Waals surface area contributed by atoms with Crippen molar-refractivity contribution in [2.75, 3.05) is 7.11 Å². The molecule has 7 heteroatoms. The zero-order valence-corrected chi connectivity index (χ0v) is 15.3. The van der Waals surface area contributed by atoms with Gasteiger partial charge in [0.2, 0.25) is 10.0 Å². The van der Waals surface area contributed by atoms with Gasteiger partial charge in [-0.1, -0.05) is 19.8 Å². The Morgan fingerprint density at radius 3 is 2.58 bits per heavy atom. The molecule has 2 N–H and O–H groups in total. The Morgan fingerprint density at radius 2 is 2.00 bits per heavy atom. The van der Waals surface area contributed by atoms with Gasteiger partial charge < -0.3 is 10.1 Å². The Hall–Kier alpha value is -1.60. The highest BCUT2D eigenvalue weighted by Crippen LogP contribution is 2.27. The van der Waals surface area contributed by atoms with Crippen molar-refractivity contribution in [3.8, 4) is 5.75 Å². The van der Waals surface area contributed by atoms with Crippen molar-refractivity contribution in [2.24, 2.45) is 0 Å². The minimum Gasteiger partial charge on any atom is -0.495 e. The Bertz CT molecular complexity index is 682. The van der Waals surface area contributed by atoms with Crippen LogP contribution in [0.3, 0.4) is 0 Å². The summed E-state index contributed by atoms with van der Waals surface area (Å²) in [5, 5.41) is 2.84. The summed E-state index contributed by atoms with van der Waals surface area (Å²) in [6, 6.07) is 4.46. The molecule has 0 aromatic heterocycles. The summed E-state index contributed by atoms with van der Waals surface area (Å²) in [6.45, 7) is 3.88. The van der Waals surface area contributed by atoms with Crippen molar-refractivity contribution >= 4 is 15.9 Å². The SMILES string of the molecule is CC[C@H](C)NC(=O)c1ccc(OC)c(S(=O)(=O)NC2CCCC2)c1. The monoisotopic (exact) mass is 354 g/mol. The number of amides is 1. The van der Waals surface area contributed by atoms with E-state index < -0.39 is 10.0 Å². The molecular weight excluding hydrogens is 328 g/mol. The van der Waals surface area contributed by atoms with E-state index in [1.807, 2.05) is 13.8 Å². The fourth-order valence-corrected chi connectivity index (χ4v) is 4.26. The van der Waals surface area contributed by atoms with Crippen LogP contribution in [0.4, 0.5) is 0 Å². The normalized spacial score (nSPS) is 16.8. The maximum absolute atomic E-state index is 12.7. The molecule has 24 heavy (non-hydrogen) atoms. The molecule has 1 aromatic carbocycles. The van der Waals surface area contributed by atoms with Crippen molar-refractivity contribution in [1.82, 2.24) is 10.0 Å². The number of carbonyl (C=O) groups excluding carboxylic acids is 1. The third kappa shape index (κ3) is 4.48. The molecule has 1 aliphatic rings. The van der Waals surface area contributed by atoms with E-state index in [1.54, 1.807) is 6.07 Å². The maximum atomic E-state index is 12.7. The van der Waals surface area contributed by atoms with Crippen LogP contribution in [0.2, 0.25) is 0 Å². The van der Waals surface area contributed by atoms with Gasteiger partial charge in [-0.05, 0) is 44.4 Å². The standard InChI is InChI=1S/C17H26N2O4S/c1-4-12(2)18-17(20)13-9-10-15(23-3)16(11-13)24(21,22)19-14-7-5-6-8-14/h9-12,14,19H,4-8H2,1-3H3,(H,18,20)/t12-/m0/s1. The van der Waals surface area contributed by atoms with Crippen LogP contribution in [0.25, 0.3) is 0 Å². The second kappa shape index (κ2) is 7.98. The molecule has 6 nitrogen and oxygen atoms in total. The highest BCUT2D eigenvalue weighted by atomic mass is 32.2. The van der Waals surface area contributed by atoms with E-state index in [-0.39, 0.29) is 28.6 Å². The zero-order valence-electron chi connectivity index (χ0n) is 14.5. The maximum Gasteiger partial charge on any atom is 0.251 e. The molecule has 2 rings (SSSR count). The Balaban J connectivity index is 2.29. The smallest absolute Gasteiger partial charge is 0.251 e.